The van der Waals surface area contributed by atoms with Gasteiger partial charge in [-0.25, -0.2) is 19.2 Å². The average Bonchev–Trinajstić information content (AvgIpc) is 3.13. The Morgan fingerprint density at radius 3 is 2.42 bits per heavy atom. The zero-order valence-corrected chi connectivity index (χ0v) is 19.5. The molecule has 2 aromatic rings. The zero-order chi connectivity index (χ0) is 22.6. The van der Waals surface area contributed by atoms with Crippen molar-refractivity contribution < 1.29 is 14.0 Å². The number of fused-ring (bicyclic) bond motifs is 1. The van der Waals surface area contributed by atoms with E-state index < -0.39 is 27.4 Å². The summed E-state index contributed by atoms with van der Waals surface area (Å²) in [7, 11) is -1.09. The molecule has 0 saturated heterocycles. The van der Waals surface area contributed by atoms with Gasteiger partial charge in [-0.05, 0) is 64.0 Å². The third kappa shape index (κ3) is 3.39. The highest BCUT2D eigenvalue weighted by Crippen LogP contribution is 2.60. The molecule has 31 heavy (non-hydrogen) atoms. The van der Waals surface area contributed by atoms with Crippen molar-refractivity contribution >= 4 is 33.5 Å². The molecule has 7 nitrogen and oxygen atoms in total. The second kappa shape index (κ2) is 7.25. The molecule has 0 radical (unpaired) electrons. The lowest BCUT2D eigenvalue weighted by Crippen LogP contribution is -2.51. The van der Waals surface area contributed by atoms with Crippen LogP contribution in [0.4, 0.5) is 20.7 Å². The molecule has 1 aliphatic heterocycles. The van der Waals surface area contributed by atoms with Gasteiger partial charge in [0.15, 0.2) is 5.82 Å². The Hall–Kier alpha value is -2.55. The molecule has 1 saturated carbocycles. The van der Waals surface area contributed by atoms with E-state index in [1.54, 1.807) is 17.0 Å². The van der Waals surface area contributed by atoms with Crippen LogP contribution in [0, 0.1) is 5.82 Å². The maximum Gasteiger partial charge on any atom is 0.323 e. The summed E-state index contributed by atoms with van der Waals surface area (Å²) in [4.78, 5) is 27.8. The number of urea groups is 1. The van der Waals surface area contributed by atoms with Gasteiger partial charge in [-0.3, -0.25) is 9.89 Å². The lowest BCUT2D eigenvalue weighted by Gasteiger charge is -2.53. The van der Waals surface area contributed by atoms with Crippen molar-refractivity contribution in [3.63, 3.8) is 0 Å². The molecule has 1 fully saturated rings. The number of aromatic amines is 1. The fourth-order valence-electron chi connectivity index (χ4n) is 4.53. The van der Waals surface area contributed by atoms with Crippen molar-refractivity contribution in [2.75, 3.05) is 29.4 Å². The number of amides is 3. The molecule has 3 amide bonds. The first kappa shape index (κ1) is 21.7. The SMILES string of the molecule is CC1(C)c2[nH]nc(NC(=O)C3(S(C)(C)C)CCC3)c2CN1C(=O)Nc1ccccc1F. The Morgan fingerprint density at radius 1 is 1.16 bits per heavy atom. The summed E-state index contributed by atoms with van der Waals surface area (Å²) in [5.74, 6) is 0.00303. The van der Waals surface area contributed by atoms with Crippen molar-refractivity contribution in [3.8, 4) is 0 Å². The zero-order valence-electron chi connectivity index (χ0n) is 18.6. The number of rotatable bonds is 4. The van der Waals surface area contributed by atoms with Crippen LogP contribution >= 0.6 is 10.0 Å². The topological polar surface area (TPSA) is 90.1 Å². The molecular formula is C22H30FN5O2S. The molecule has 0 atom stereocenters. The number of nitrogens with one attached hydrogen (secondary N) is 3. The van der Waals surface area contributed by atoms with Gasteiger partial charge in [-0.1, -0.05) is 12.1 Å². The molecule has 9 heteroatoms. The van der Waals surface area contributed by atoms with Crippen LogP contribution in [0.1, 0.15) is 44.4 Å². The van der Waals surface area contributed by atoms with E-state index >= 15 is 0 Å². The summed E-state index contributed by atoms with van der Waals surface area (Å²) in [5, 5.41) is 13.1. The van der Waals surface area contributed by atoms with Crippen LogP contribution in [-0.2, 0) is 16.9 Å². The molecule has 1 aliphatic carbocycles. The molecule has 168 valence electrons. The van der Waals surface area contributed by atoms with Crippen LogP contribution < -0.4 is 10.6 Å². The van der Waals surface area contributed by atoms with Crippen LogP contribution in [0.15, 0.2) is 24.3 Å². The summed E-state index contributed by atoms with van der Waals surface area (Å²) >= 11 is 0. The number of hydrogen-bond acceptors (Lipinski definition) is 3. The van der Waals surface area contributed by atoms with E-state index in [0.717, 1.165) is 30.5 Å². The average molecular weight is 448 g/mol. The van der Waals surface area contributed by atoms with Gasteiger partial charge in [0.05, 0.1) is 28.2 Å². The number of H-pyrrole nitrogens is 1. The number of carbonyl (C=O) groups is 2. The summed E-state index contributed by atoms with van der Waals surface area (Å²) in [6, 6.07) is 5.66. The molecule has 0 unspecified atom stereocenters. The van der Waals surface area contributed by atoms with Crippen molar-refractivity contribution in [1.29, 1.82) is 0 Å². The molecule has 1 aromatic heterocycles. The van der Waals surface area contributed by atoms with E-state index in [4.69, 9.17) is 0 Å². The molecule has 1 aromatic carbocycles. The normalized spacial score (nSPS) is 19.4. The Kier molecular flexibility index (Phi) is 5.07. The van der Waals surface area contributed by atoms with E-state index in [0.29, 0.717) is 5.82 Å². The number of hydrogen-bond donors (Lipinski definition) is 3. The number of nitrogens with zero attached hydrogens (tertiary/aromatic N) is 2. The number of anilines is 2. The van der Waals surface area contributed by atoms with E-state index in [2.05, 4.69) is 39.6 Å². The first-order valence-corrected chi connectivity index (χ1v) is 13.2. The van der Waals surface area contributed by atoms with Crippen molar-refractivity contribution in [2.24, 2.45) is 0 Å². The van der Waals surface area contributed by atoms with Crippen LogP contribution in [0.2, 0.25) is 0 Å². The Balaban J connectivity index is 1.55. The fourth-order valence-corrected chi connectivity index (χ4v) is 6.65. The van der Waals surface area contributed by atoms with Crippen LogP contribution in [-0.4, -0.2) is 50.5 Å². The van der Waals surface area contributed by atoms with Crippen molar-refractivity contribution in [3.05, 3.63) is 41.3 Å². The number of para-hydroxylation sites is 1. The van der Waals surface area contributed by atoms with Gasteiger partial charge < -0.3 is 15.5 Å². The van der Waals surface area contributed by atoms with Gasteiger partial charge in [-0.15, -0.1) is 0 Å². The summed E-state index contributed by atoms with van der Waals surface area (Å²) in [6.07, 6.45) is 9.39. The minimum absolute atomic E-state index is 0.0163. The third-order valence-corrected chi connectivity index (χ3v) is 9.75. The number of benzene rings is 1. The summed E-state index contributed by atoms with van der Waals surface area (Å²) in [6.45, 7) is 4.07. The lowest BCUT2D eigenvalue weighted by atomic mass is 9.83. The first-order valence-electron chi connectivity index (χ1n) is 10.4. The smallest absolute Gasteiger partial charge is 0.309 e. The maximum atomic E-state index is 14.0. The summed E-state index contributed by atoms with van der Waals surface area (Å²) < 4.78 is 13.7. The quantitative estimate of drug-likeness (QED) is 0.649. The molecule has 2 aliphatic rings. The van der Waals surface area contributed by atoms with Crippen LogP contribution in [0.25, 0.3) is 0 Å². The monoisotopic (exact) mass is 447 g/mol. The lowest BCUT2D eigenvalue weighted by molar-refractivity contribution is -0.120. The summed E-state index contributed by atoms with van der Waals surface area (Å²) in [5.41, 5.74) is 1.01. The highest BCUT2D eigenvalue weighted by Gasteiger charge is 2.51. The van der Waals surface area contributed by atoms with E-state index in [9.17, 15) is 14.0 Å². The van der Waals surface area contributed by atoms with E-state index in [1.807, 2.05) is 13.8 Å². The Morgan fingerprint density at radius 2 is 1.84 bits per heavy atom. The van der Waals surface area contributed by atoms with Crippen LogP contribution in [0.5, 0.6) is 0 Å². The van der Waals surface area contributed by atoms with Gasteiger partial charge >= 0.3 is 6.03 Å². The second-order valence-corrected chi connectivity index (χ2v) is 14.1. The predicted molar refractivity (Wildman–Crippen MR) is 123 cm³/mol. The van der Waals surface area contributed by atoms with Crippen LogP contribution in [0.3, 0.4) is 0 Å². The molecule has 4 rings (SSSR count). The molecule has 3 N–H and O–H groups in total. The molecular weight excluding hydrogens is 417 g/mol. The standard InChI is InChI=1S/C22H30FN5O2S/c1-21(2)17-14(13-28(21)20(30)24-16-10-7-6-9-15(16)23)18(27-26-17)25-19(29)22(11-8-12-22)31(3,4)5/h6-7,9-10H,8,11-13H2,1-5H3,(H,24,30)(H2,25,26,27,29). The predicted octanol–water partition coefficient (Wildman–Crippen LogP) is 4.39. The van der Waals surface area contributed by atoms with Gasteiger partial charge in [0.25, 0.3) is 0 Å². The highest BCUT2D eigenvalue weighted by molar-refractivity contribution is 8.33. The third-order valence-electron chi connectivity index (χ3n) is 6.81. The van der Waals surface area contributed by atoms with E-state index in [1.165, 1.54) is 12.1 Å². The largest absolute Gasteiger partial charge is 0.323 e. The molecule has 0 bridgehead atoms. The number of aromatic nitrogens is 2. The minimum atomic E-state index is -1.09. The Labute approximate surface area is 183 Å². The molecule has 0 spiro atoms. The van der Waals surface area contributed by atoms with Gasteiger partial charge in [0.1, 0.15) is 5.82 Å². The fraction of sp³-hybridized carbons (Fsp3) is 0.500. The van der Waals surface area contributed by atoms with Crippen molar-refractivity contribution in [1.82, 2.24) is 15.1 Å². The Bertz CT molecular complexity index is 1040. The number of halogens is 1. The highest BCUT2D eigenvalue weighted by atomic mass is 32.3. The van der Waals surface area contributed by atoms with Crippen molar-refractivity contribution in [2.45, 2.75) is 49.9 Å². The maximum absolute atomic E-state index is 14.0. The second-order valence-electron chi connectivity index (χ2n) is 9.62. The first-order chi connectivity index (χ1) is 14.5. The molecule has 2 heterocycles. The van der Waals surface area contributed by atoms with E-state index in [-0.39, 0.29) is 22.9 Å². The van der Waals surface area contributed by atoms with Gasteiger partial charge in [0.2, 0.25) is 5.91 Å². The number of carbonyl (C=O) groups excluding carboxylic acids is 2. The van der Waals surface area contributed by atoms with Gasteiger partial charge in [0, 0.05) is 5.56 Å². The minimum Gasteiger partial charge on any atom is -0.309 e. The van der Waals surface area contributed by atoms with Gasteiger partial charge in [-0.2, -0.15) is 5.10 Å².